The van der Waals surface area contributed by atoms with Gasteiger partial charge in [-0.05, 0) is 41.0 Å². The van der Waals surface area contributed by atoms with Gasteiger partial charge in [-0.1, -0.05) is 54.6 Å². The van der Waals surface area contributed by atoms with E-state index >= 15 is 0 Å². The fourth-order valence-corrected chi connectivity index (χ4v) is 4.87. The highest BCUT2D eigenvalue weighted by atomic mass is 16.2. The van der Waals surface area contributed by atoms with Crippen LogP contribution in [-0.2, 0) is 13.0 Å². The van der Waals surface area contributed by atoms with Gasteiger partial charge < -0.3 is 15.1 Å². The number of amides is 1. The first-order chi connectivity index (χ1) is 19.2. The van der Waals surface area contributed by atoms with Crippen LogP contribution in [0.4, 0.5) is 11.8 Å². The van der Waals surface area contributed by atoms with Crippen molar-refractivity contribution in [1.29, 1.82) is 0 Å². The highest BCUT2D eigenvalue weighted by Gasteiger charge is 2.23. The van der Waals surface area contributed by atoms with Crippen molar-refractivity contribution in [1.82, 2.24) is 24.8 Å². The average Bonchev–Trinajstić information content (AvgIpc) is 3.01. The van der Waals surface area contributed by atoms with Crippen molar-refractivity contribution in [3.63, 3.8) is 0 Å². The van der Waals surface area contributed by atoms with Gasteiger partial charge in [0.15, 0.2) is 0 Å². The van der Waals surface area contributed by atoms with Crippen molar-refractivity contribution in [3.05, 3.63) is 120 Å². The van der Waals surface area contributed by atoms with Gasteiger partial charge in [0.1, 0.15) is 12.1 Å². The molecule has 6 rings (SSSR count). The summed E-state index contributed by atoms with van der Waals surface area (Å²) in [5.41, 5.74) is 4.93. The first-order valence-electron chi connectivity index (χ1n) is 13.1. The maximum atomic E-state index is 13.3. The molecule has 1 saturated heterocycles. The fourth-order valence-electron chi connectivity index (χ4n) is 4.87. The molecule has 0 atom stereocenters. The Balaban J connectivity index is 1.05. The van der Waals surface area contributed by atoms with Gasteiger partial charge in [0.25, 0.3) is 5.91 Å². The molecule has 39 heavy (non-hydrogen) atoms. The maximum absolute atomic E-state index is 13.3. The Bertz CT molecular complexity index is 1560. The van der Waals surface area contributed by atoms with E-state index < -0.39 is 0 Å². The van der Waals surface area contributed by atoms with Gasteiger partial charge in [0, 0.05) is 62.5 Å². The molecule has 2 aromatic heterocycles. The number of hydrogen-bond acceptors (Lipinski definition) is 7. The SMILES string of the molecule is O=C(c1cccc(CNc2ncnc3ccccc23)c1)N1CCN(c2ncc(Cc3ccccc3)cn2)CC1. The molecule has 5 aromatic rings. The van der Waals surface area contributed by atoms with Crippen molar-refractivity contribution in [2.75, 3.05) is 36.4 Å². The molecule has 8 nitrogen and oxygen atoms in total. The van der Waals surface area contributed by atoms with Gasteiger partial charge in [-0.3, -0.25) is 4.79 Å². The van der Waals surface area contributed by atoms with Crippen molar-refractivity contribution in [2.24, 2.45) is 0 Å². The summed E-state index contributed by atoms with van der Waals surface area (Å²) in [7, 11) is 0. The number of nitrogens with one attached hydrogen (secondary N) is 1. The van der Waals surface area contributed by atoms with Crippen LogP contribution in [-0.4, -0.2) is 56.9 Å². The number of fused-ring (bicyclic) bond motifs is 1. The van der Waals surface area contributed by atoms with E-state index in [-0.39, 0.29) is 5.91 Å². The van der Waals surface area contributed by atoms with Crippen LogP contribution in [0, 0.1) is 0 Å². The molecule has 1 fully saturated rings. The third kappa shape index (κ3) is 5.70. The molecule has 1 amide bonds. The number of hydrogen-bond donors (Lipinski definition) is 1. The summed E-state index contributed by atoms with van der Waals surface area (Å²) in [6.07, 6.45) is 6.18. The van der Waals surface area contributed by atoms with Crippen LogP contribution >= 0.6 is 0 Å². The third-order valence-electron chi connectivity index (χ3n) is 6.97. The molecule has 8 heteroatoms. The standard InChI is InChI=1S/C31H29N7O/c39-30(26-10-6-9-24(18-26)19-32-29-27-11-4-5-12-28(27)35-22-36-29)37-13-15-38(16-14-37)31-33-20-25(21-34-31)17-23-7-2-1-3-8-23/h1-12,18,20-22H,13-17,19H2,(H,32,35,36). The van der Waals surface area contributed by atoms with Gasteiger partial charge >= 0.3 is 0 Å². The molecule has 0 unspecified atom stereocenters. The summed E-state index contributed by atoms with van der Waals surface area (Å²) in [4.78, 5) is 35.3. The van der Waals surface area contributed by atoms with Crippen molar-refractivity contribution >= 4 is 28.6 Å². The number of anilines is 2. The van der Waals surface area contributed by atoms with E-state index in [1.54, 1.807) is 6.33 Å². The molecule has 0 bridgehead atoms. The Kier molecular flexibility index (Phi) is 7.07. The van der Waals surface area contributed by atoms with Gasteiger partial charge in [0.2, 0.25) is 5.95 Å². The molecule has 194 valence electrons. The maximum Gasteiger partial charge on any atom is 0.253 e. The molecule has 1 aliphatic heterocycles. The van der Waals surface area contributed by atoms with Crippen LogP contribution in [0.5, 0.6) is 0 Å². The fraction of sp³-hybridized carbons (Fsp3) is 0.194. The Morgan fingerprint density at radius 3 is 2.31 bits per heavy atom. The molecule has 0 radical (unpaired) electrons. The number of carbonyl (C=O) groups excluding carboxylic acids is 1. The first kappa shape index (κ1) is 24.5. The predicted molar refractivity (Wildman–Crippen MR) is 153 cm³/mol. The van der Waals surface area contributed by atoms with Crippen LogP contribution in [0.3, 0.4) is 0 Å². The van der Waals surface area contributed by atoms with Crippen LogP contribution in [0.15, 0.2) is 97.6 Å². The minimum Gasteiger partial charge on any atom is -0.365 e. The summed E-state index contributed by atoms with van der Waals surface area (Å²) in [6, 6.07) is 26.0. The van der Waals surface area contributed by atoms with Gasteiger partial charge in [-0.25, -0.2) is 19.9 Å². The van der Waals surface area contributed by atoms with E-state index in [4.69, 9.17) is 0 Å². The number of carbonyl (C=O) groups is 1. The second-order valence-electron chi connectivity index (χ2n) is 9.63. The van der Waals surface area contributed by atoms with Crippen molar-refractivity contribution < 1.29 is 4.79 Å². The van der Waals surface area contributed by atoms with E-state index in [0.717, 1.165) is 34.3 Å². The quantitative estimate of drug-likeness (QED) is 0.339. The minimum absolute atomic E-state index is 0.0445. The Hall–Kier alpha value is -4.85. The van der Waals surface area contributed by atoms with Crippen LogP contribution < -0.4 is 10.2 Å². The summed E-state index contributed by atoms with van der Waals surface area (Å²) in [5, 5.41) is 4.37. The number of nitrogens with zero attached hydrogens (tertiary/aromatic N) is 6. The lowest BCUT2D eigenvalue weighted by atomic mass is 10.1. The molecule has 0 aliphatic carbocycles. The number of aromatic nitrogens is 4. The molecule has 3 heterocycles. The lowest BCUT2D eigenvalue weighted by molar-refractivity contribution is 0.0746. The van der Waals surface area contributed by atoms with Gasteiger partial charge in [0.05, 0.1) is 5.52 Å². The van der Waals surface area contributed by atoms with Crippen LogP contribution in [0.2, 0.25) is 0 Å². The summed E-state index contributed by atoms with van der Waals surface area (Å²) >= 11 is 0. The van der Waals surface area contributed by atoms with Gasteiger partial charge in [-0.15, -0.1) is 0 Å². The molecular weight excluding hydrogens is 486 g/mol. The third-order valence-corrected chi connectivity index (χ3v) is 6.97. The first-order valence-corrected chi connectivity index (χ1v) is 13.1. The monoisotopic (exact) mass is 515 g/mol. The number of rotatable bonds is 7. The van der Waals surface area contributed by atoms with E-state index in [1.165, 1.54) is 5.56 Å². The van der Waals surface area contributed by atoms with Crippen molar-refractivity contribution in [3.8, 4) is 0 Å². The highest BCUT2D eigenvalue weighted by molar-refractivity contribution is 5.94. The molecule has 1 aliphatic rings. The lowest BCUT2D eigenvalue weighted by Crippen LogP contribution is -2.49. The number of benzene rings is 3. The minimum atomic E-state index is 0.0445. The van der Waals surface area contributed by atoms with Crippen molar-refractivity contribution in [2.45, 2.75) is 13.0 Å². The van der Waals surface area contributed by atoms with E-state index in [2.05, 4.69) is 42.3 Å². The van der Waals surface area contributed by atoms with E-state index in [1.807, 2.05) is 84.0 Å². The molecule has 0 spiro atoms. The highest BCUT2D eigenvalue weighted by Crippen LogP contribution is 2.20. The zero-order valence-corrected chi connectivity index (χ0v) is 21.6. The predicted octanol–water partition coefficient (Wildman–Crippen LogP) is 4.59. The second-order valence-corrected chi connectivity index (χ2v) is 9.63. The Morgan fingerprint density at radius 2 is 1.49 bits per heavy atom. The van der Waals surface area contributed by atoms with Gasteiger partial charge in [-0.2, -0.15) is 0 Å². The van der Waals surface area contributed by atoms with Crippen LogP contribution in [0.1, 0.15) is 27.0 Å². The zero-order chi connectivity index (χ0) is 26.4. The van der Waals surface area contributed by atoms with E-state index in [9.17, 15) is 4.79 Å². The summed E-state index contributed by atoms with van der Waals surface area (Å²) in [5.74, 6) is 1.54. The largest absolute Gasteiger partial charge is 0.365 e. The smallest absolute Gasteiger partial charge is 0.253 e. The second kappa shape index (κ2) is 11.3. The molecule has 3 aromatic carbocycles. The average molecular weight is 516 g/mol. The lowest BCUT2D eigenvalue weighted by Gasteiger charge is -2.34. The molecule has 1 N–H and O–H groups in total. The molecular formula is C31H29N7O. The Morgan fingerprint density at radius 1 is 0.744 bits per heavy atom. The van der Waals surface area contributed by atoms with E-state index in [0.29, 0.717) is 44.2 Å². The van der Waals surface area contributed by atoms with Crippen LogP contribution in [0.25, 0.3) is 10.9 Å². The topological polar surface area (TPSA) is 87.1 Å². The number of para-hydroxylation sites is 1. The molecule has 0 saturated carbocycles. The summed E-state index contributed by atoms with van der Waals surface area (Å²) in [6.45, 7) is 3.22. The number of piperazine rings is 1. The zero-order valence-electron chi connectivity index (χ0n) is 21.6. The summed E-state index contributed by atoms with van der Waals surface area (Å²) < 4.78 is 0. The normalized spacial score (nSPS) is 13.4. The Labute approximate surface area is 227 Å².